The van der Waals surface area contributed by atoms with E-state index in [9.17, 15) is 13.2 Å². The zero-order valence-corrected chi connectivity index (χ0v) is 17.1. The fraction of sp³-hybridized carbons (Fsp3) is 0.850. The van der Waals surface area contributed by atoms with E-state index in [2.05, 4.69) is 6.92 Å². The number of allylic oxidation sites excluding steroid dienone is 1. The van der Waals surface area contributed by atoms with Gasteiger partial charge < -0.3 is 0 Å². The van der Waals surface area contributed by atoms with Gasteiger partial charge in [-0.15, -0.1) is 0 Å². The second-order valence-corrected chi connectivity index (χ2v) is 11.8. The number of sulfone groups is 1. The maximum atomic E-state index is 13.1. The highest BCUT2D eigenvalue weighted by Gasteiger charge is 2.51. The third-order valence-electron chi connectivity index (χ3n) is 7.43. The van der Waals surface area contributed by atoms with Crippen LogP contribution in [0.15, 0.2) is 11.6 Å². The number of carbonyl (C=O) groups is 1. The molecule has 5 nitrogen and oxygen atoms in total. The zero-order chi connectivity index (χ0) is 18.7. The van der Waals surface area contributed by atoms with E-state index < -0.39 is 9.84 Å². The van der Waals surface area contributed by atoms with Crippen LogP contribution >= 0.6 is 0 Å². The van der Waals surface area contributed by atoms with Crippen molar-refractivity contribution in [2.24, 2.45) is 23.2 Å². The normalized spacial score (nSPS) is 41.0. The lowest BCUT2D eigenvalue weighted by Crippen LogP contribution is -2.49. The van der Waals surface area contributed by atoms with Gasteiger partial charge in [0.05, 0.1) is 17.5 Å². The van der Waals surface area contributed by atoms with Crippen LogP contribution in [0.3, 0.4) is 0 Å². The van der Waals surface area contributed by atoms with E-state index in [4.69, 9.17) is 0 Å². The molecule has 146 valence electrons. The molecule has 0 aromatic rings. The Balaban J connectivity index is 1.55. The molecule has 4 bridgehead atoms. The Morgan fingerprint density at radius 1 is 1.04 bits per heavy atom. The molecule has 5 fully saturated rings. The molecule has 1 unspecified atom stereocenters. The molecule has 6 heteroatoms. The molecule has 1 heterocycles. The smallest absolute Gasteiger partial charge is 0.261 e. The SMILES string of the molecule is C/C(=C/C(=O)N(C1CCS(=O)(=O)C1)N(C)C)C12CC3CC(CC(C3)C1)C2. The summed E-state index contributed by atoms with van der Waals surface area (Å²) in [7, 11) is 0.646. The number of rotatable bonds is 4. The molecule has 5 aliphatic rings. The molecule has 0 radical (unpaired) electrons. The van der Waals surface area contributed by atoms with Crippen LogP contribution in [0.5, 0.6) is 0 Å². The summed E-state index contributed by atoms with van der Waals surface area (Å²) in [6, 6.07) is -0.233. The van der Waals surface area contributed by atoms with Crippen molar-refractivity contribution in [1.29, 1.82) is 0 Å². The Morgan fingerprint density at radius 2 is 1.58 bits per heavy atom. The van der Waals surface area contributed by atoms with Crippen LogP contribution in [0, 0.1) is 23.2 Å². The first kappa shape index (κ1) is 18.5. The van der Waals surface area contributed by atoms with Crippen LogP contribution < -0.4 is 0 Å². The second-order valence-electron chi connectivity index (χ2n) is 9.61. The molecule has 1 saturated heterocycles. The average Bonchev–Trinajstić information content (AvgIpc) is 2.85. The van der Waals surface area contributed by atoms with E-state index in [0.29, 0.717) is 6.42 Å². The molecule has 0 aromatic heterocycles. The van der Waals surface area contributed by atoms with E-state index >= 15 is 0 Å². The Kier molecular flexibility index (Phi) is 4.50. The molecule has 26 heavy (non-hydrogen) atoms. The van der Waals surface area contributed by atoms with Gasteiger partial charge in [0.15, 0.2) is 9.84 Å². The molecular weight excluding hydrogens is 348 g/mol. The minimum atomic E-state index is -3.01. The summed E-state index contributed by atoms with van der Waals surface area (Å²) >= 11 is 0. The van der Waals surface area contributed by atoms with Crippen LogP contribution in [0.4, 0.5) is 0 Å². The summed E-state index contributed by atoms with van der Waals surface area (Å²) < 4.78 is 23.7. The van der Waals surface area contributed by atoms with Gasteiger partial charge in [-0.25, -0.2) is 13.4 Å². The van der Waals surface area contributed by atoms with Crippen LogP contribution in [-0.2, 0) is 14.6 Å². The summed E-state index contributed by atoms with van der Waals surface area (Å²) in [6.07, 6.45) is 10.3. The standard InChI is InChI=1S/C20H32N2O3S/c1-14(20-10-15-7-16(11-20)9-17(8-15)12-20)6-19(23)22(21(2)3)18-4-5-26(24,25)13-18/h6,15-18H,4-5,7-13H2,1-3H3/b14-6-. The molecule has 0 N–H and O–H groups in total. The first-order valence-electron chi connectivity index (χ1n) is 10.1. The first-order valence-corrected chi connectivity index (χ1v) is 11.9. The maximum absolute atomic E-state index is 13.1. The summed E-state index contributed by atoms with van der Waals surface area (Å²) in [4.78, 5) is 13.1. The number of hydrazine groups is 1. The largest absolute Gasteiger partial charge is 0.268 e. The Labute approximate surface area is 157 Å². The van der Waals surface area contributed by atoms with E-state index in [-0.39, 0.29) is 28.9 Å². The van der Waals surface area contributed by atoms with Gasteiger partial charge in [-0.1, -0.05) is 5.57 Å². The lowest BCUT2D eigenvalue weighted by Gasteiger charge is -2.57. The van der Waals surface area contributed by atoms with Gasteiger partial charge in [0, 0.05) is 20.2 Å². The van der Waals surface area contributed by atoms with Crippen molar-refractivity contribution in [2.45, 2.75) is 57.9 Å². The van der Waals surface area contributed by atoms with Gasteiger partial charge in [0.25, 0.3) is 5.91 Å². The second kappa shape index (κ2) is 6.33. The quantitative estimate of drug-likeness (QED) is 0.556. The molecule has 4 aliphatic carbocycles. The van der Waals surface area contributed by atoms with Crippen LogP contribution in [-0.4, -0.2) is 56.0 Å². The van der Waals surface area contributed by atoms with E-state index in [1.807, 2.05) is 20.2 Å². The fourth-order valence-electron chi connectivity index (χ4n) is 6.67. The molecule has 4 saturated carbocycles. The molecule has 5 rings (SSSR count). The predicted molar refractivity (Wildman–Crippen MR) is 102 cm³/mol. The number of amides is 1. The summed E-state index contributed by atoms with van der Waals surface area (Å²) in [5.74, 6) is 2.78. The van der Waals surface area contributed by atoms with Crippen molar-refractivity contribution in [1.82, 2.24) is 10.0 Å². The molecule has 1 aliphatic heterocycles. The lowest BCUT2D eigenvalue weighted by molar-refractivity contribution is -0.143. The van der Waals surface area contributed by atoms with Gasteiger partial charge in [-0.2, -0.15) is 0 Å². The third kappa shape index (κ3) is 3.24. The van der Waals surface area contributed by atoms with Gasteiger partial charge in [-0.3, -0.25) is 9.80 Å². The van der Waals surface area contributed by atoms with Gasteiger partial charge in [0.2, 0.25) is 0 Å². The topological polar surface area (TPSA) is 57.7 Å². The number of nitrogens with zero attached hydrogens (tertiary/aromatic N) is 2. The van der Waals surface area contributed by atoms with Crippen molar-refractivity contribution >= 4 is 15.7 Å². The monoisotopic (exact) mass is 380 g/mol. The number of carbonyl (C=O) groups excluding carboxylic acids is 1. The highest BCUT2D eigenvalue weighted by atomic mass is 32.2. The number of hydrogen-bond acceptors (Lipinski definition) is 4. The molecular formula is C20H32N2O3S. The summed E-state index contributed by atoms with van der Waals surface area (Å²) in [6.45, 7) is 2.14. The summed E-state index contributed by atoms with van der Waals surface area (Å²) in [5.41, 5.74) is 1.46. The fourth-order valence-corrected chi connectivity index (χ4v) is 8.36. The Morgan fingerprint density at radius 3 is 2.00 bits per heavy atom. The predicted octanol–water partition coefficient (Wildman–Crippen LogP) is 2.64. The lowest BCUT2D eigenvalue weighted by atomic mass is 9.48. The van der Waals surface area contributed by atoms with E-state index in [0.717, 1.165) is 17.8 Å². The Bertz CT molecular complexity index is 690. The van der Waals surface area contributed by atoms with Crippen molar-refractivity contribution in [3.63, 3.8) is 0 Å². The Hall–Kier alpha value is -0.880. The minimum absolute atomic E-state index is 0.0506. The van der Waals surface area contributed by atoms with E-state index in [1.165, 1.54) is 44.1 Å². The van der Waals surface area contributed by atoms with Crippen LogP contribution in [0.25, 0.3) is 0 Å². The average molecular weight is 381 g/mol. The van der Waals surface area contributed by atoms with E-state index in [1.54, 1.807) is 10.0 Å². The highest BCUT2D eigenvalue weighted by molar-refractivity contribution is 7.91. The highest BCUT2D eigenvalue weighted by Crippen LogP contribution is 2.62. The van der Waals surface area contributed by atoms with Crippen LogP contribution in [0.2, 0.25) is 0 Å². The van der Waals surface area contributed by atoms with Gasteiger partial charge in [-0.05, 0) is 75.0 Å². The van der Waals surface area contributed by atoms with Crippen LogP contribution in [0.1, 0.15) is 51.9 Å². The first-order chi connectivity index (χ1) is 12.2. The van der Waals surface area contributed by atoms with Gasteiger partial charge >= 0.3 is 0 Å². The van der Waals surface area contributed by atoms with Crippen molar-refractivity contribution in [2.75, 3.05) is 25.6 Å². The molecule has 0 spiro atoms. The molecule has 1 atom stereocenters. The molecule has 0 aromatic carbocycles. The zero-order valence-electron chi connectivity index (χ0n) is 16.3. The van der Waals surface area contributed by atoms with Gasteiger partial charge in [0.1, 0.15) is 0 Å². The van der Waals surface area contributed by atoms with Crippen molar-refractivity contribution in [3.8, 4) is 0 Å². The summed E-state index contributed by atoms with van der Waals surface area (Å²) in [5, 5.41) is 3.42. The maximum Gasteiger partial charge on any atom is 0.261 e. The van der Waals surface area contributed by atoms with Crippen molar-refractivity contribution < 1.29 is 13.2 Å². The van der Waals surface area contributed by atoms with Crippen molar-refractivity contribution in [3.05, 3.63) is 11.6 Å². The molecule has 1 amide bonds. The minimum Gasteiger partial charge on any atom is -0.268 e. The number of hydrogen-bond donors (Lipinski definition) is 0. The third-order valence-corrected chi connectivity index (χ3v) is 9.18.